The Labute approximate surface area is 167 Å². The second kappa shape index (κ2) is 10.4. The van der Waals surface area contributed by atoms with Crippen LogP contribution in [0.2, 0.25) is 5.02 Å². The number of benzene rings is 2. The molecular formula is C20H24ClFN2O2S. The monoisotopic (exact) mass is 410 g/mol. The number of nitriles is 1. The van der Waals surface area contributed by atoms with Crippen molar-refractivity contribution in [2.75, 3.05) is 14.2 Å². The average Bonchev–Trinajstić information content (AvgIpc) is 2.60. The Morgan fingerprint density at radius 2 is 1.96 bits per heavy atom. The van der Waals surface area contributed by atoms with E-state index < -0.39 is 16.8 Å². The maximum atomic E-state index is 13.6. The number of nitrogens with one attached hydrogen (secondary N) is 1. The maximum absolute atomic E-state index is 13.6. The van der Waals surface area contributed by atoms with E-state index in [1.807, 2.05) is 51.1 Å². The van der Waals surface area contributed by atoms with Gasteiger partial charge in [0.2, 0.25) is 0 Å². The molecule has 146 valence electrons. The summed E-state index contributed by atoms with van der Waals surface area (Å²) in [5.41, 5.74) is 1.53. The standard InChI is InChI=1S/C15H11ClFNO.C5H13NOS/c1-19-13-4-2-3-10(6-13)5-11-7-12(16)8-15(17)14(11)9-18;1-5(2,3)8(7)6-4/h2-4,6-8H,5H2,1H3;6H,1-4H3. The molecule has 0 spiro atoms. The van der Waals surface area contributed by atoms with E-state index in [2.05, 4.69) is 4.72 Å². The first-order valence-electron chi connectivity index (χ1n) is 8.22. The highest BCUT2D eigenvalue weighted by atomic mass is 35.5. The van der Waals surface area contributed by atoms with Gasteiger partial charge in [-0.3, -0.25) is 0 Å². The van der Waals surface area contributed by atoms with E-state index in [9.17, 15) is 8.60 Å². The van der Waals surface area contributed by atoms with Crippen LogP contribution in [0.4, 0.5) is 4.39 Å². The zero-order valence-electron chi connectivity index (χ0n) is 16.1. The zero-order chi connectivity index (χ0) is 20.6. The van der Waals surface area contributed by atoms with Crippen molar-refractivity contribution in [1.82, 2.24) is 4.72 Å². The van der Waals surface area contributed by atoms with E-state index >= 15 is 0 Å². The summed E-state index contributed by atoms with van der Waals surface area (Å²) in [6, 6.07) is 12.1. The number of nitrogens with zero attached hydrogens (tertiary/aromatic N) is 1. The fraction of sp³-hybridized carbons (Fsp3) is 0.350. The Kier molecular flexibility index (Phi) is 8.91. The second-order valence-corrected chi connectivity index (χ2v) is 9.25. The normalized spacial score (nSPS) is 11.8. The third-order valence-electron chi connectivity index (χ3n) is 3.52. The molecule has 1 unspecified atom stereocenters. The van der Waals surface area contributed by atoms with Crippen LogP contribution >= 0.6 is 11.6 Å². The Hall–Kier alpha value is -1.94. The Morgan fingerprint density at radius 3 is 2.44 bits per heavy atom. The van der Waals surface area contributed by atoms with Crippen LogP contribution in [0.1, 0.15) is 37.5 Å². The Morgan fingerprint density at radius 1 is 1.30 bits per heavy atom. The molecule has 0 heterocycles. The van der Waals surface area contributed by atoms with Crippen LogP contribution in [-0.2, 0) is 17.4 Å². The molecule has 0 aliphatic carbocycles. The van der Waals surface area contributed by atoms with Gasteiger partial charge in [-0.2, -0.15) is 5.26 Å². The van der Waals surface area contributed by atoms with Crippen molar-refractivity contribution in [1.29, 1.82) is 5.26 Å². The van der Waals surface area contributed by atoms with Gasteiger partial charge in [0.15, 0.2) is 0 Å². The number of methoxy groups -OCH3 is 1. The highest BCUT2D eigenvalue weighted by Gasteiger charge is 2.16. The van der Waals surface area contributed by atoms with E-state index in [1.54, 1.807) is 20.2 Å². The number of ether oxygens (including phenoxy) is 1. The van der Waals surface area contributed by atoms with E-state index in [0.29, 0.717) is 12.0 Å². The summed E-state index contributed by atoms with van der Waals surface area (Å²) in [6.07, 6.45) is 0.428. The van der Waals surface area contributed by atoms with E-state index in [0.717, 1.165) is 17.4 Å². The van der Waals surface area contributed by atoms with Crippen LogP contribution in [0, 0.1) is 17.1 Å². The molecule has 2 rings (SSSR count). The molecule has 0 saturated carbocycles. The summed E-state index contributed by atoms with van der Waals surface area (Å²) in [6.45, 7) is 5.79. The van der Waals surface area contributed by atoms with Crippen LogP contribution in [0.25, 0.3) is 0 Å². The fourth-order valence-electron chi connectivity index (χ4n) is 2.20. The molecule has 2 aromatic rings. The van der Waals surface area contributed by atoms with Crippen molar-refractivity contribution in [2.45, 2.75) is 31.9 Å². The molecule has 0 aliphatic heterocycles. The highest BCUT2D eigenvalue weighted by Crippen LogP contribution is 2.23. The van der Waals surface area contributed by atoms with Gasteiger partial charge in [-0.05, 0) is 69.6 Å². The summed E-state index contributed by atoms with van der Waals surface area (Å²) in [4.78, 5) is 0. The predicted octanol–water partition coefficient (Wildman–Crippen LogP) is 4.62. The third kappa shape index (κ3) is 7.30. The first kappa shape index (κ1) is 23.1. The van der Waals surface area contributed by atoms with Crippen molar-refractivity contribution in [3.05, 3.63) is 63.9 Å². The summed E-state index contributed by atoms with van der Waals surface area (Å²) in [5.74, 6) is 0.131. The van der Waals surface area contributed by atoms with Gasteiger partial charge in [-0.25, -0.2) is 13.3 Å². The summed E-state index contributed by atoms with van der Waals surface area (Å²) in [7, 11) is 2.38. The molecule has 0 radical (unpaired) electrons. The quantitative estimate of drug-likeness (QED) is 0.799. The first-order chi connectivity index (χ1) is 12.6. The van der Waals surface area contributed by atoms with Crippen LogP contribution in [-0.4, -0.2) is 23.1 Å². The molecule has 27 heavy (non-hydrogen) atoms. The summed E-state index contributed by atoms with van der Waals surface area (Å²) < 4.78 is 32.1. The third-order valence-corrected chi connectivity index (χ3v) is 5.22. The minimum absolute atomic E-state index is 0.0345. The highest BCUT2D eigenvalue weighted by molar-refractivity contribution is 7.84. The number of rotatable bonds is 4. The molecule has 1 N–H and O–H groups in total. The minimum atomic E-state index is -0.894. The topological polar surface area (TPSA) is 62.1 Å². The number of hydrogen-bond donors (Lipinski definition) is 1. The SMILES string of the molecule is CNS(=O)C(C)(C)C.COc1cccc(Cc2cc(Cl)cc(F)c2C#N)c1. The molecule has 0 amide bonds. The molecule has 7 heteroatoms. The number of hydrogen-bond acceptors (Lipinski definition) is 3. The minimum Gasteiger partial charge on any atom is -0.497 e. The van der Waals surface area contributed by atoms with Crippen molar-refractivity contribution in [3.63, 3.8) is 0 Å². The second-order valence-electron chi connectivity index (χ2n) is 6.65. The van der Waals surface area contributed by atoms with Crippen molar-refractivity contribution in [2.24, 2.45) is 0 Å². The van der Waals surface area contributed by atoms with Crippen molar-refractivity contribution in [3.8, 4) is 11.8 Å². The summed E-state index contributed by atoms with van der Waals surface area (Å²) >= 11 is 5.83. The van der Waals surface area contributed by atoms with Gasteiger partial charge in [0.1, 0.15) is 17.6 Å². The lowest BCUT2D eigenvalue weighted by molar-refractivity contribution is 0.414. The molecule has 0 aliphatic rings. The molecule has 0 saturated heterocycles. The van der Waals surface area contributed by atoms with Gasteiger partial charge < -0.3 is 4.74 Å². The van der Waals surface area contributed by atoms with Gasteiger partial charge in [0, 0.05) is 5.02 Å². The molecule has 4 nitrogen and oxygen atoms in total. The smallest absolute Gasteiger partial charge is 0.142 e. The van der Waals surface area contributed by atoms with Crippen LogP contribution in [0.15, 0.2) is 36.4 Å². The average molecular weight is 411 g/mol. The van der Waals surface area contributed by atoms with E-state index in [4.69, 9.17) is 21.6 Å². The first-order valence-corrected chi connectivity index (χ1v) is 9.75. The zero-order valence-corrected chi connectivity index (χ0v) is 17.7. The van der Waals surface area contributed by atoms with Gasteiger partial charge in [0.05, 0.1) is 28.4 Å². The Bertz CT molecular complexity index is 845. The predicted molar refractivity (Wildman–Crippen MR) is 109 cm³/mol. The summed E-state index contributed by atoms with van der Waals surface area (Å²) in [5, 5.41) is 9.30. The Balaban J connectivity index is 0.000000387. The van der Waals surface area contributed by atoms with E-state index in [1.165, 1.54) is 0 Å². The lowest BCUT2D eigenvalue weighted by Gasteiger charge is -2.15. The van der Waals surface area contributed by atoms with Crippen LogP contribution in [0.5, 0.6) is 5.75 Å². The van der Waals surface area contributed by atoms with Gasteiger partial charge in [0.25, 0.3) is 0 Å². The lowest BCUT2D eigenvalue weighted by Crippen LogP contribution is -2.30. The van der Waals surface area contributed by atoms with Crippen LogP contribution in [0.3, 0.4) is 0 Å². The molecule has 0 fully saturated rings. The largest absolute Gasteiger partial charge is 0.497 e. The van der Waals surface area contributed by atoms with E-state index in [-0.39, 0.29) is 15.3 Å². The molecule has 2 aromatic carbocycles. The van der Waals surface area contributed by atoms with Gasteiger partial charge in [-0.1, -0.05) is 23.7 Å². The van der Waals surface area contributed by atoms with Gasteiger partial charge >= 0.3 is 0 Å². The van der Waals surface area contributed by atoms with Crippen molar-refractivity contribution < 1.29 is 13.3 Å². The molecule has 0 aromatic heterocycles. The lowest BCUT2D eigenvalue weighted by atomic mass is 10.00. The number of halogens is 2. The molecule has 0 bridgehead atoms. The van der Waals surface area contributed by atoms with Crippen LogP contribution < -0.4 is 9.46 Å². The van der Waals surface area contributed by atoms with Gasteiger partial charge in [-0.15, -0.1) is 0 Å². The molecule has 1 atom stereocenters. The van der Waals surface area contributed by atoms with Crippen molar-refractivity contribution >= 4 is 22.6 Å². The molecular weight excluding hydrogens is 387 g/mol. The maximum Gasteiger partial charge on any atom is 0.142 e. The fourth-order valence-corrected chi connectivity index (χ4v) is 3.04.